The number of esters is 3. The van der Waals surface area contributed by atoms with Crippen LogP contribution in [0.4, 0.5) is 0 Å². The Morgan fingerprint density at radius 2 is 0.539 bits per heavy atom. The van der Waals surface area contributed by atoms with E-state index in [1.54, 1.807) is 0 Å². The highest BCUT2D eigenvalue weighted by molar-refractivity contribution is 5.71. The summed E-state index contributed by atoms with van der Waals surface area (Å²) >= 11 is 0. The minimum atomic E-state index is -0.786. The minimum Gasteiger partial charge on any atom is -0.462 e. The van der Waals surface area contributed by atoms with Gasteiger partial charge in [-0.3, -0.25) is 14.4 Å². The number of carbonyl (C=O) groups excluding carboxylic acids is 3. The van der Waals surface area contributed by atoms with Crippen molar-refractivity contribution < 1.29 is 28.6 Å². The predicted octanol–water partition coefficient (Wildman–Crippen LogP) is 22.0. The molecule has 0 heterocycles. The van der Waals surface area contributed by atoms with Crippen LogP contribution < -0.4 is 0 Å². The van der Waals surface area contributed by atoms with Crippen molar-refractivity contribution in [3.05, 3.63) is 97.2 Å². The lowest BCUT2D eigenvalue weighted by atomic mass is 10.1. The van der Waals surface area contributed by atoms with E-state index >= 15 is 0 Å². The van der Waals surface area contributed by atoms with E-state index in [0.717, 1.165) is 116 Å². The molecule has 0 aromatic rings. The van der Waals surface area contributed by atoms with Gasteiger partial charge in [0.2, 0.25) is 0 Å². The lowest BCUT2D eigenvalue weighted by molar-refractivity contribution is -0.167. The largest absolute Gasteiger partial charge is 0.462 e. The number of rotatable bonds is 58. The van der Waals surface area contributed by atoms with Gasteiger partial charge in [-0.2, -0.15) is 0 Å². The highest BCUT2D eigenvalue weighted by Crippen LogP contribution is 2.16. The fourth-order valence-corrected chi connectivity index (χ4v) is 8.97. The normalized spacial score (nSPS) is 12.7. The van der Waals surface area contributed by atoms with E-state index in [-0.39, 0.29) is 31.1 Å². The Morgan fingerprint density at radius 3 is 0.868 bits per heavy atom. The summed E-state index contributed by atoms with van der Waals surface area (Å²) in [6.45, 7) is 6.47. The molecule has 0 rings (SSSR count). The monoisotopic (exact) mass is 1060 g/mol. The molecule has 0 amide bonds. The molecule has 76 heavy (non-hydrogen) atoms. The van der Waals surface area contributed by atoms with Crippen LogP contribution in [-0.2, 0) is 28.6 Å². The van der Waals surface area contributed by atoms with Gasteiger partial charge in [0, 0.05) is 19.3 Å². The zero-order chi connectivity index (χ0) is 55.0. The predicted molar refractivity (Wildman–Crippen MR) is 330 cm³/mol. The Bertz CT molecular complexity index is 1490. The van der Waals surface area contributed by atoms with Gasteiger partial charge in [-0.05, 0) is 116 Å². The number of unbranched alkanes of at least 4 members (excludes halogenated alkanes) is 31. The van der Waals surface area contributed by atoms with Crippen LogP contribution in [0.1, 0.15) is 310 Å². The molecule has 1 unspecified atom stereocenters. The van der Waals surface area contributed by atoms with E-state index in [1.165, 1.54) is 154 Å². The molecule has 6 nitrogen and oxygen atoms in total. The first-order valence-corrected chi connectivity index (χ1v) is 32.2. The van der Waals surface area contributed by atoms with Crippen LogP contribution in [0.5, 0.6) is 0 Å². The van der Waals surface area contributed by atoms with Crippen molar-refractivity contribution in [1.29, 1.82) is 0 Å². The van der Waals surface area contributed by atoms with E-state index in [2.05, 4.69) is 118 Å². The van der Waals surface area contributed by atoms with Gasteiger partial charge in [0.05, 0.1) is 0 Å². The van der Waals surface area contributed by atoms with E-state index < -0.39 is 6.10 Å². The van der Waals surface area contributed by atoms with Gasteiger partial charge in [-0.15, -0.1) is 0 Å². The lowest BCUT2D eigenvalue weighted by Gasteiger charge is -2.18. The Labute approximate surface area is 470 Å². The van der Waals surface area contributed by atoms with Crippen molar-refractivity contribution in [1.82, 2.24) is 0 Å². The average molecular weight is 1060 g/mol. The molecule has 0 aliphatic heterocycles. The molecule has 436 valence electrons. The maximum absolute atomic E-state index is 12.9. The van der Waals surface area contributed by atoms with Crippen molar-refractivity contribution in [2.45, 2.75) is 316 Å². The Morgan fingerprint density at radius 1 is 0.276 bits per heavy atom. The smallest absolute Gasteiger partial charge is 0.306 e. The molecule has 1 atom stereocenters. The maximum atomic E-state index is 12.9. The molecular weight excluding hydrogens is 937 g/mol. The van der Waals surface area contributed by atoms with Gasteiger partial charge in [0.25, 0.3) is 0 Å². The third-order valence-electron chi connectivity index (χ3n) is 13.8. The first kappa shape index (κ1) is 72.3. The summed E-state index contributed by atoms with van der Waals surface area (Å²) in [6.07, 6.45) is 85.6. The van der Waals surface area contributed by atoms with Gasteiger partial charge in [0.1, 0.15) is 13.2 Å². The second-order valence-corrected chi connectivity index (χ2v) is 21.3. The highest BCUT2D eigenvalue weighted by Gasteiger charge is 2.19. The molecule has 0 fully saturated rings. The summed E-state index contributed by atoms with van der Waals surface area (Å²) in [7, 11) is 0. The van der Waals surface area contributed by atoms with Gasteiger partial charge in [-0.25, -0.2) is 0 Å². The summed E-state index contributed by atoms with van der Waals surface area (Å²) in [5.74, 6) is -0.896. The molecule has 0 saturated carbocycles. The first-order chi connectivity index (χ1) is 37.5. The second kappa shape index (κ2) is 63.9. The molecule has 0 bridgehead atoms. The van der Waals surface area contributed by atoms with Crippen LogP contribution in [-0.4, -0.2) is 37.2 Å². The topological polar surface area (TPSA) is 78.9 Å². The quantitative estimate of drug-likeness (QED) is 0.0261. The molecule has 0 saturated heterocycles. The van der Waals surface area contributed by atoms with Gasteiger partial charge in [-0.1, -0.05) is 272 Å². The maximum Gasteiger partial charge on any atom is 0.306 e. The van der Waals surface area contributed by atoms with E-state index in [1.807, 2.05) is 0 Å². The van der Waals surface area contributed by atoms with Crippen LogP contribution in [0.3, 0.4) is 0 Å². The van der Waals surface area contributed by atoms with Crippen LogP contribution in [0.25, 0.3) is 0 Å². The van der Waals surface area contributed by atoms with Crippen LogP contribution in [0.2, 0.25) is 0 Å². The molecule has 0 aliphatic rings. The molecule has 0 aliphatic carbocycles. The van der Waals surface area contributed by atoms with E-state index in [9.17, 15) is 14.4 Å². The fraction of sp³-hybridized carbons (Fsp3) is 0.729. The third kappa shape index (κ3) is 61.2. The van der Waals surface area contributed by atoms with Crippen molar-refractivity contribution in [3.8, 4) is 0 Å². The molecule has 0 aromatic heterocycles. The van der Waals surface area contributed by atoms with Crippen molar-refractivity contribution in [2.24, 2.45) is 0 Å². The summed E-state index contributed by atoms with van der Waals surface area (Å²) < 4.78 is 16.9. The number of hydrogen-bond donors (Lipinski definition) is 0. The van der Waals surface area contributed by atoms with Gasteiger partial charge in [0.15, 0.2) is 6.10 Å². The minimum absolute atomic E-state index is 0.0844. The molecular formula is C70H120O6. The number of carbonyl (C=O) groups is 3. The Balaban J connectivity index is 4.27. The highest BCUT2D eigenvalue weighted by atomic mass is 16.6. The van der Waals surface area contributed by atoms with Crippen LogP contribution in [0, 0.1) is 0 Å². The number of allylic oxidation sites excluding steroid dienone is 16. The Kier molecular flexibility index (Phi) is 60.8. The van der Waals surface area contributed by atoms with Crippen LogP contribution >= 0.6 is 0 Å². The standard InChI is InChI=1S/C70H120O6/c1-4-7-10-13-16-19-22-24-26-28-30-32-33-34-35-36-37-39-40-42-44-46-48-51-54-57-60-63-69(72)75-66-67(65-74-68(71)62-59-56-53-50-21-18-15-12-9-6-3)76-70(73)64-61-58-55-52-49-47-45-43-41-38-31-29-27-25-23-20-17-14-11-8-5-2/h7,10,12,15-16,19,24,26,29-32,34-35,37,39,67H,4-6,8-9,11,13-14,17-18,20-23,25,27-28,33,36,38,40-66H2,1-3H3/b10-7-,15-12-,19-16-,26-24-,31-29-,32-30-,35-34-,39-37-. The summed E-state index contributed by atoms with van der Waals surface area (Å²) in [5, 5.41) is 0. The molecule has 6 heteroatoms. The van der Waals surface area contributed by atoms with Crippen molar-refractivity contribution in [3.63, 3.8) is 0 Å². The van der Waals surface area contributed by atoms with E-state index in [4.69, 9.17) is 14.2 Å². The zero-order valence-electron chi connectivity index (χ0n) is 50.0. The molecule has 0 N–H and O–H groups in total. The van der Waals surface area contributed by atoms with Gasteiger partial charge < -0.3 is 14.2 Å². The average Bonchev–Trinajstić information content (AvgIpc) is 3.42. The molecule has 0 spiro atoms. The van der Waals surface area contributed by atoms with Crippen LogP contribution in [0.15, 0.2) is 97.2 Å². The lowest BCUT2D eigenvalue weighted by Crippen LogP contribution is -2.30. The number of ether oxygens (including phenoxy) is 3. The summed E-state index contributed by atoms with van der Waals surface area (Å²) in [6, 6.07) is 0. The van der Waals surface area contributed by atoms with Gasteiger partial charge >= 0.3 is 17.9 Å². The summed E-state index contributed by atoms with van der Waals surface area (Å²) in [4.78, 5) is 38.2. The van der Waals surface area contributed by atoms with Crippen molar-refractivity contribution >= 4 is 17.9 Å². The zero-order valence-corrected chi connectivity index (χ0v) is 50.0. The molecule has 0 radical (unpaired) electrons. The SMILES string of the molecule is CC/C=C\C/C=C\C/C=C\C/C=C\C/C=C\C/C=C\CCCCCCCCCCC(=O)OCC(COC(=O)CCCCCCC/C=C\CCC)OC(=O)CCCCCCCCCCC/C=C\CCCCCCCCCC. The number of hydrogen-bond acceptors (Lipinski definition) is 6. The molecule has 0 aromatic carbocycles. The first-order valence-electron chi connectivity index (χ1n) is 32.2. The summed E-state index contributed by atoms with van der Waals surface area (Å²) in [5.41, 5.74) is 0. The second-order valence-electron chi connectivity index (χ2n) is 21.3. The fourth-order valence-electron chi connectivity index (χ4n) is 8.97. The van der Waals surface area contributed by atoms with E-state index in [0.29, 0.717) is 19.3 Å². The third-order valence-corrected chi connectivity index (χ3v) is 13.8. The Hall–Kier alpha value is -3.67. The van der Waals surface area contributed by atoms with Crippen molar-refractivity contribution in [2.75, 3.05) is 13.2 Å².